The van der Waals surface area contributed by atoms with E-state index >= 15 is 0 Å². The lowest BCUT2D eigenvalue weighted by atomic mass is 10.1. The highest BCUT2D eigenvalue weighted by molar-refractivity contribution is 5.53. The van der Waals surface area contributed by atoms with Crippen LogP contribution in [0.5, 0.6) is 0 Å². The summed E-state index contributed by atoms with van der Waals surface area (Å²) < 4.78 is 53.0. The Bertz CT molecular complexity index is 520. The zero-order valence-electron chi connectivity index (χ0n) is 13.2. The molecule has 1 aliphatic rings. The van der Waals surface area contributed by atoms with Gasteiger partial charge in [-0.1, -0.05) is 6.92 Å². The number of anilines is 1. The molecule has 2 nitrogen and oxygen atoms in total. The lowest BCUT2D eigenvalue weighted by Gasteiger charge is -2.39. The molecule has 0 N–H and O–H groups in total. The van der Waals surface area contributed by atoms with Crippen molar-refractivity contribution < 1.29 is 17.6 Å². The van der Waals surface area contributed by atoms with Gasteiger partial charge in [-0.3, -0.25) is 4.90 Å². The SMILES string of the molecule is CCC(C)N1CCN(c2cc(C)cc(C(F)(F)F)c2F)CC1. The molecule has 0 amide bonds. The number of aryl methyl sites for hydroxylation is 1. The minimum Gasteiger partial charge on any atom is -0.367 e. The van der Waals surface area contributed by atoms with Gasteiger partial charge in [0.1, 0.15) is 0 Å². The quantitative estimate of drug-likeness (QED) is 0.775. The van der Waals surface area contributed by atoms with Gasteiger partial charge >= 0.3 is 6.18 Å². The lowest BCUT2D eigenvalue weighted by molar-refractivity contribution is -0.139. The van der Waals surface area contributed by atoms with Crippen molar-refractivity contribution >= 4 is 5.69 Å². The highest BCUT2D eigenvalue weighted by atomic mass is 19.4. The van der Waals surface area contributed by atoms with E-state index in [-0.39, 0.29) is 5.69 Å². The van der Waals surface area contributed by atoms with Gasteiger partial charge in [-0.15, -0.1) is 0 Å². The normalized spacial score (nSPS) is 18.6. The third-order valence-electron chi connectivity index (χ3n) is 4.37. The molecule has 2 rings (SSSR count). The van der Waals surface area contributed by atoms with Gasteiger partial charge in [-0.2, -0.15) is 13.2 Å². The van der Waals surface area contributed by atoms with Crippen LogP contribution in [0.2, 0.25) is 0 Å². The fourth-order valence-electron chi connectivity index (χ4n) is 2.85. The molecule has 0 spiro atoms. The van der Waals surface area contributed by atoms with E-state index in [1.807, 2.05) is 0 Å². The number of alkyl halides is 3. The maximum atomic E-state index is 14.3. The molecular formula is C16H22F4N2. The van der Waals surface area contributed by atoms with Crippen LogP contribution in [0.3, 0.4) is 0 Å². The van der Waals surface area contributed by atoms with Crippen molar-refractivity contribution in [2.75, 3.05) is 31.1 Å². The minimum absolute atomic E-state index is 0.0659. The maximum Gasteiger partial charge on any atom is 0.419 e. The Balaban J connectivity index is 2.22. The summed E-state index contributed by atoms with van der Waals surface area (Å²) in [6.45, 7) is 8.36. The Morgan fingerprint density at radius 3 is 2.23 bits per heavy atom. The van der Waals surface area contributed by atoms with E-state index in [4.69, 9.17) is 0 Å². The monoisotopic (exact) mass is 318 g/mol. The van der Waals surface area contributed by atoms with Crippen LogP contribution in [0.1, 0.15) is 31.4 Å². The van der Waals surface area contributed by atoms with Crippen LogP contribution in [0.4, 0.5) is 23.2 Å². The van der Waals surface area contributed by atoms with E-state index in [9.17, 15) is 17.6 Å². The summed E-state index contributed by atoms with van der Waals surface area (Å²) >= 11 is 0. The lowest BCUT2D eigenvalue weighted by Crippen LogP contribution is -2.49. The van der Waals surface area contributed by atoms with Crippen LogP contribution in [0.25, 0.3) is 0 Å². The van der Waals surface area contributed by atoms with Crippen LogP contribution in [0, 0.1) is 12.7 Å². The smallest absolute Gasteiger partial charge is 0.367 e. The van der Waals surface area contributed by atoms with Gasteiger partial charge in [0.2, 0.25) is 0 Å². The summed E-state index contributed by atoms with van der Waals surface area (Å²) in [6, 6.07) is 2.81. The fourth-order valence-corrected chi connectivity index (χ4v) is 2.85. The van der Waals surface area contributed by atoms with Crippen molar-refractivity contribution in [1.82, 2.24) is 4.90 Å². The molecule has 1 heterocycles. The molecule has 0 radical (unpaired) electrons. The van der Waals surface area contributed by atoms with Crippen LogP contribution < -0.4 is 4.90 Å². The molecule has 1 aromatic carbocycles. The zero-order valence-corrected chi connectivity index (χ0v) is 13.2. The van der Waals surface area contributed by atoms with Crippen molar-refractivity contribution in [2.45, 2.75) is 39.4 Å². The van der Waals surface area contributed by atoms with Gasteiger partial charge in [-0.05, 0) is 38.0 Å². The first-order valence-corrected chi connectivity index (χ1v) is 7.60. The summed E-state index contributed by atoms with van der Waals surface area (Å²) in [4.78, 5) is 4.01. The molecule has 1 atom stereocenters. The maximum absolute atomic E-state index is 14.3. The van der Waals surface area contributed by atoms with E-state index in [1.54, 1.807) is 11.8 Å². The molecule has 1 aliphatic heterocycles. The molecule has 0 saturated carbocycles. The van der Waals surface area contributed by atoms with Gasteiger partial charge in [0.15, 0.2) is 5.82 Å². The molecule has 22 heavy (non-hydrogen) atoms. The molecule has 0 aliphatic carbocycles. The summed E-state index contributed by atoms with van der Waals surface area (Å²) in [5.41, 5.74) is -0.684. The van der Waals surface area contributed by atoms with Gasteiger partial charge in [0.25, 0.3) is 0 Å². The van der Waals surface area contributed by atoms with Gasteiger partial charge in [0.05, 0.1) is 11.3 Å². The molecule has 1 aromatic rings. The number of hydrogen-bond donors (Lipinski definition) is 0. The number of rotatable bonds is 3. The van der Waals surface area contributed by atoms with Crippen LogP contribution in [-0.4, -0.2) is 37.1 Å². The van der Waals surface area contributed by atoms with Crippen LogP contribution in [-0.2, 0) is 6.18 Å². The van der Waals surface area contributed by atoms with Crippen molar-refractivity contribution in [3.05, 3.63) is 29.1 Å². The Kier molecular flexibility index (Phi) is 5.00. The first-order chi connectivity index (χ1) is 10.2. The van der Waals surface area contributed by atoms with E-state index < -0.39 is 17.6 Å². The number of halogens is 4. The van der Waals surface area contributed by atoms with Gasteiger partial charge in [-0.25, -0.2) is 4.39 Å². The number of piperazine rings is 1. The molecule has 0 aromatic heterocycles. The van der Waals surface area contributed by atoms with E-state index in [1.165, 1.54) is 6.07 Å². The van der Waals surface area contributed by atoms with Crippen molar-refractivity contribution in [1.29, 1.82) is 0 Å². The highest BCUT2D eigenvalue weighted by Crippen LogP contribution is 2.36. The standard InChI is InChI=1S/C16H22F4N2/c1-4-12(3)21-5-7-22(8-6-21)14-10-11(2)9-13(15(14)17)16(18,19)20/h9-10,12H,4-8H2,1-3H3. The van der Waals surface area contributed by atoms with Crippen molar-refractivity contribution in [2.24, 2.45) is 0 Å². The summed E-state index contributed by atoms with van der Waals surface area (Å²) in [6.07, 6.45) is -3.64. The predicted octanol–water partition coefficient (Wildman–Crippen LogP) is 4.07. The average Bonchev–Trinajstić information content (AvgIpc) is 2.47. The van der Waals surface area contributed by atoms with Gasteiger partial charge in [0, 0.05) is 32.2 Å². The molecular weight excluding hydrogens is 296 g/mol. The van der Waals surface area contributed by atoms with Crippen molar-refractivity contribution in [3.8, 4) is 0 Å². The second kappa shape index (κ2) is 6.44. The van der Waals surface area contributed by atoms with Crippen LogP contribution in [0.15, 0.2) is 12.1 Å². The zero-order chi connectivity index (χ0) is 16.5. The van der Waals surface area contributed by atoms with E-state index in [2.05, 4.69) is 18.7 Å². The number of benzene rings is 1. The average molecular weight is 318 g/mol. The summed E-state index contributed by atoms with van der Waals surface area (Å²) in [5.74, 6) is -1.16. The number of nitrogens with zero attached hydrogens (tertiary/aromatic N) is 2. The fraction of sp³-hybridized carbons (Fsp3) is 0.625. The Hall–Kier alpha value is -1.30. The number of hydrogen-bond acceptors (Lipinski definition) is 2. The first kappa shape index (κ1) is 17.1. The summed E-state index contributed by atoms with van der Waals surface area (Å²) in [7, 11) is 0. The van der Waals surface area contributed by atoms with E-state index in [0.29, 0.717) is 24.7 Å². The third-order valence-corrected chi connectivity index (χ3v) is 4.37. The molecule has 1 fully saturated rings. The topological polar surface area (TPSA) is 6.48 Å². The Morgan fingerprint density at radius 1 is 1.14 bits per heavy atom. The van der Waals surface area contributed by atoms with Crippen molar-refractivity contribution in [3.63, 3.8) is 0 Å². The highest BCUT2D eigenvalue weighted by Gasteiger charge is 2.36. The second-order valence-corrected chi connectivity index (χ2v) is 5.92. The minimum atomic E-state index is -4.66. The molecule has 0 bridgehead atoms. The Morgan fingerprint density at radius 2 is 1.73 bits per heavy atom. The Labute approximate surface area is 128 Å². The van der Waals surface area contributed by atoms with Crippen LogP contribution >= 0.6 is 0 Å². The first-order valence-electron chi connectivity index (χ1n) is 7.60. The molecule has 1 unspecified atom stereocenters. The second-order valence-electron chi connectivity index (χ2n) is 5.92. The third kappa shape index (κ3) is 3.54. The largest absolute Gasteiger partial charge is 0.419 e. The van der Waals surface area contributed by atoms with E-state index in [0.717, 1.165) is 25.6 Å². The van der Waals surface area contributed by atoms with Gasteiger partial charge < -0.3 is 4.90 Å². The predicted molar refractivity (Wildman–Crippen MR) is 79.7 cm³/mol. The molecule has 124 valence electrons. The molecule has 1 saturated heterocycles. The molecule has 6 heteroatoms. The summed E-state index contributed by atoms with van der Waals surface area (Å²) in [5, 5.41) is 0.